The molecule has 5 nitrogen and oxygen atoms in total. The molecule has 0 fully saturated rings. The van der Waals surface area contributed by atoms with Crippen molar-refractivity contribution in [2.75, 3.05) is 29.2 Å². The average Bonchev–Trinajstić information content (AvgIpc) is 2.26. The van der Waals surface area contributed by atoms with E-state index in [4.69, 9.17) is 0 Å². The second-order valence-corrected chi connectivity index (χ2v) is 5.76. The van der Waals surface area contributed by atoms with E-state index in [2.05, 4.69) is 20.6 Å². The summed E-state index contributed by atoms with van der Waals surface area (Å²) >= 11 is 0. The van der Waals surface area contributed by atoms with Crippen LogP contribution < -0.4 is 10.6 Å². The van der Waals surface area contributed by atoms with Crippen LogP contribution in [0.1, 0.15) is 19.7 Å². The molecule has 2 atom stereocenters. The van der Waals surface area contributed by atoms with Crippen molar-refractivity contribution in [3.8, 4) is 0 Å². The third-order valence-corrected chi connectivity index (χ3v) is 3.19. The number of hydrogen-bond donors (Lipinski definition) is 2. The first-order chi connectivity index (χ1) is 9.22. The van der Waals surface area contributed by atoms with E-state index >= 15 is 0 Å². The molecule has 2 unspecified atom stereocenters. The van der Waals surface area contributed by atoms with Crippen LogP contribution >= 0.6 is 0 Å². The van der Waals surface area contributed by atoms with E-state index in [0.717, 1.165) is 0 Å². The molecule has 1 aromatic rings. The fraction of sp³-hybridized carbons (Fsp3) is 0.636. The Kier molecular flexibility index (Phi) is 5.73. The first-order valence-corrected chi connectivity index (χ1v) is 7.71. The topological polar surface area (TPSA) is 66.9 Å². The second-order valence-electron chi connectivity index (χ2n) is 4.28. The highest BCUT2D eigenvalue weighted by molar-refractivity contribution is 7.84. The summed E-state index contributed by atoms with van der Waals surface area (Å²) in [6.45, 7) is 3.93. The highest BCUT2D eigenvalue weighted by Gasteiger charge is 2.35. The zero-order chi connectivity index (χ0) is 15.3. The van der Waals surface area contributed by atoms with Crippen LogP contribution in [-0.4, -0.2) is 38.8 Å². The van der Waals surface area contributed by atoms with E-state index in [1.165, 1.54) is 12.3 Å². The van der Waals surface area contributed by atoms with Crippen molar-refractivity contribution in [3.63, 3.8) is 0 Å². The Morgan fingerprint density at radius 3 is 2.45 bits per heavy atom. The summed E-state index contributed by atoms with van der Waals surface area (Å²) in [6.07, 6.45) is -3.08. The molecule has 0 bridgehead atoms. The lowest BCUT2D eigenvalue weighted by molar-refractivity contribution is -0.144. The molecular weight excluding hydrogens is 293 g/mol. The van der Waals surface area contributed by atoms with Crippen LogP contribution in [0.3, 0.4) is 0 Å². The summed E-state index contributed by atoms with van der Waals surface area (Å²) in [5.41, 5.74) is 0. The Morgan fingerprint density at radius 1 is 1.35 bits per heavy atom. The van der Waals surface area contributed by atoms with E-state index in [1.54, 1.807) is 13.8 Å². The molecule has 0 aliphatic rings. The Balaban J connectivity index is 2.99. The van der Waals surface area contributed by atoms with Gasteiger partial charge in [0.15, 0.2) is 0 Å². The third kappa shape index (κ3) is 5.32. The molecule has 1 heterocycles. The van der Waals surface area contributed by atoms with Crippen LogP contribution in [0.5, 0.6) is 0 Å². The molecule has 0 aliphatic carbocycles. The lowest BCUT2D eigenvalue weighted by Crippen LogP contribution is -2.24. The summed E-state index contributed by atoms with van der Waals surface area (Å²) in [5, 5.41) is 5.52. The summed E-state index contributed by atoms with van der Waals surface area (Å²) in [4.78, 5) is 6.86. The molecule has 0 spiro atoms. The maximum atomic E-state index is 12.7. The van der Waals surface area contributed by atoms with Crippen LogP contribution in [0, 0.1) is 0 Å². The maximum Gasteiger partial charge on any atom is 0.451 e. The lowest BCUT2D eigenvalue weighted by atomic mass is 10.3. The van der Waals surface area contributed by atoms with Crippen LogP contribution in [0.2, 0.25) is 0 Å². The van der Waals surface area contributed by atoms with Crippen molar-refractivity contribution in [1.82, 2.24) is 9.97 Å². The molecule has 0 aromatic carbocycles. The Hall–Kier alpha value is -1.38. The molecule has 20 heavy (non-hydrogen) atoms. The van der Waals surface area contributed by atoms with Gasteiger partial charge in [0.2, 0.25) is 5.82 Å². The standard InChI is InChI=1S/C11H17F3N4OS/c1-4-15-8-5-9(16-7(2)6-20(3)19)18-10(17-8)11(12,13)14/h5,7H,4,6H2,1-3H3,(H2,15,16,17,18). The number of rotatable bonds is 6. The van der Waals surface area contributed by atoms with Gasteiger partial charge in [0.05, 0.1) is 0 Å². The smallest absolute Gasteiger partial charge is 0.370 e. The number of nitrogens with one attached hydrogen (secondary N) is 2. The van der Waals surface area contributed by atoms with Gasteiger partial charge in [0.25, 0.3) is 0 Å². The molecule has 114 valence electrons. The zero-order valence-electron chi connectivity index (χ0n) is 11.4. The minimum atomic E-state index is -4.61. The SMILES string of the molecule is CCNc1cc(NC(C)CS(C)=O)nc(C(F)(F)F)n1. The molecular formula is C11H17F3N4OS. The minimum absolute atomic E-state index is 0.0567. The van der Waals surface area contributed by atoms with E-state index in [1.807, 2.05) is 0 Å². The first-order valence-electron chi connectivity index (χ1n) is 5.99. The van der Waals surface area contributed by atoms with E-state index < -0.39 is 22.8 Å². The van der Waals surface area contributed by atoms with Crippen molar-refractivity contribution >= 4 is 22.4 Å². The summed E-state index contributed by atoms with van der Waals surface area (Å²) in [7, 11) is -1.04. The molecule has 1 rings (SSSR count). The average molecular weight is 310 g/mol. The van der Waals surface area contributed by atoms with Gasteiger partial charge < -0.3 is 10.6 Å². The fourth-order valence-corrected chi connectivity index (χ4v) is 2.35. The fourth-order valence-electron chi connectivity index (χ4n) is 1.57. The van der Waals surface area contributed by atoms with Gasteiger partial charge in [-0.3, -0.25) is 4.21 Å². The molecule has 0 saturated heterocycles. The third-order valence-electron chi connectivity index (χ3n) is 2.22. The normalized spacial score (nSPS) is 14.7. The highest BCUT2D eigenvalue weighted by Crippen LogP contribution is 2.28. The van der Waals surface area contributed by atoms with Gasteiger partial charge >= 0.3 is 6.18 Å². The minimum Gasteiger partial charge on any atom is -0.370 e. The summed E-state index contributed by atoms with van der Waals surface area (Å²) in [6, 6.07) is 1.14. The summed E-state index contributed by atoms with van der Waals surface area (Å²) in [5.74, 6) is -0.728. The molecule has 2 N–H and O–H groups in total. The van der Waals surface area contributed by atoms with E-state index in [9.17, 15) is 17.4 Å². The molecule has 0 aliphatic heterocycles. The van der Waals surface area contributed by atoms with Crippen molar-refractivity contribution in [2.24, 2.45) is 0 Å². The second kappa shape index (κ2) is 6.87. The predicted octanol–water partition coefficient (Wildman–Crippen LogP) is 2.11. The Labute approximate surface area is 117 Å². The molecule has 0 saturated carbocycles. The van der Waals surface area contributed by atoms with Crippen molar-refractivity contribution in [1.29, 1.82) is 0 Å². The van der Waals surface area contributed by atoms with Crippen molar-refractivity contribution in [2.45, 2.75) is 26.1 Å². The Bertz CT molecular complexity index is 481. The van der Waals surface area contributed by atoms with Gasteiger partial charge in [-0.05, 0) is 13.8 Å². The number of alkyl halides is 3. The maximum absolute atomic E-state index is 12.7. The largest absolute Gasteiger partial charge is 0.451 e. The molecule has 1 aromatic heterocycles. The zero-order valence-corrected chi connectivity index (χ0v) is 12.2. The van der Waals surface area contributed by atoms with Crippen molar-refractivity contribution in [3.05, 3.63) is 11.9 Å². The number of halogens is 3. The molecule has 0 radical (unpaired) electrons. The van der Waals surface area contributed by atoms with Crippen LogP contribution in [-0.2, 0) is 17.0 Å². The van der Waals surface area contributed by atoms with Crippen LogP contribution in [0.25, 0.3) is 0 Å². The lowest BCUT2D eigenvalue weighted by Gasteiger charge is -2.15. The number of hydrogen-bond acceptors (Lipinski definition) is 5. The number of anilines is 2. The quantitative estimate of drug-likeness (QED) is 0.842. The van der Waals surface area contributed by atoms with E-state index in [-0.39, 0.29) is 17.7 Å². The van der Waals surface area contributed by atoms with Gasteiger partial charge in [-0.1, -0.05) is 0 Å². The van der Waals surface area contributed by atoms with Crippen molar-refractivity contribution < 1.29 is 17.4 Å². The predicted molar refractivity (Wildman–Crippen MR) is 73.2 cm³/mol. The number of aromatic nitrogens is 2. The monoisotopic (exact) mass is 310 g/mol. The Morgan fingerprint density at radius 2 is 1.95 bits per heavy atom. The molecule has 9 heteroatoms. The van der Waals surface area contributed by atoms with Gasteiger partial charge in [-0.2, -0.15) is 13.2 Å². The highest BCUT2D eigenvalue weighted by atomic mass is 32.2. The van der Waals surface area contributed by atoms with Gasteiger partial charge in [0.1, 0.15) is 11.6 Å². The summed E-state index contributed by atoms with van der Waals surface area (Å²) < 4.78 is 49.2. The van der Waals surface area contributed by atoms with Gasteiger partial charge in [-0.15, -0.1) is 0 Å². The van der Waals surface area contributed by atoms with E-state index in [0.29, 0.717) is 12.3 Å². The van der Waals surface area contributed by atoms with Crippen LogP contribution in [0.4, 0.5) is 24.8 Å². The van der Waals surface area contributed by atoms with Crippen LogP contribution in [0.15, 0.2) is 6.07 Å². The number of nitrogens with zero attached hydrogens (tertiary/aromatic N) is 2. The first kappa shape index (κ1) is 16.7. The van der Waals surface area contributed by atoms with Gasteiger partial charge in [-0.25, -0.2) is 9.97 Å². The van der Waals surface area contributed by atoms with Gasteiger partial charge in [0, 0.05) is 41.5 Å². The molecule has 0 amide bonds.